The Labute approximate surface area is 139 Å². The molecule has 0 N–H and O–H groups in total. The molecule has 116 valence electrons. The molecule has 0 atom stereocenters. The first kappa shape index (κ1) is 15.5. The Balaban J connectivity index is 1.99. The number of rotatable bonds is 4. The predicted octanol–water partition coefficient (Wildman–Crippen LogP) is 4.61. The number of hydrogen-bond donors (Lipinski definition) is 0. The number of halogens is 1. The van der Waals surface area contributed by atoms with Crippen molar-refractivity contribution in [3.05, 3.63) is 69.9 Å². The van der Waals surface area contributed by atoms with Crippen molar-refractivity contribution in [3.8, 4) is 0 Å². The monoisotopic (exact) mass is 325 g/mol. The quantitative estimate of drug-likeness (QED) is 0.519. The molecule has 0 radical (unpaired) electrons. The van der Waals surface area contributed by atoms with Crippen LogP contribution in [0.25, 0.3) is 10.9 Å². The molecule has 0 saturated carbocycles. The number of aromatic nitrogens is 1. The molecule has 23 heavy (non-hydrogen) atoms. The van der Waals surface area contributed by atoms with E-state index in [9.17, 15) is 9.59 Å². The van der Waals surface area contributed by atoms with Gasteiger partial charge in [0.05, 0.1) is 6.54 Å². The lowest BCUT2D eigenvalue weighted by atomic mass is 10.0. The van der Waals surface area contributed by atoms with E-state index in [0.717, 1.165) is 28.3 Å². The van der Waals surface area contributed by atoms with E-state index in [1.807, 2.05) is 38.1 Å². The van der Waals surface area contributed by atoms with Gasteiger partial charge in [-0.05, 0) is 49.2 Å². The lowest BCUT2D eigenvalue weighted by Gasteiger charge is -2.07. The molecule has 1 heterocycles. The Morgan fingerprint density at radius 1 is 1.13 bits per heavy atom. The zero-order chi connectivity index (χ0) is 16.6. The van der Waals surface area contributed by atoms with Crippen molar-refractivity contribution in [1.29, 1.82) is 0 Å². The van der Waals surface area contributed by atoms with Crippen LogP contribution < -0.4 is 0 Å². The minimum absolute atomic E-state index is 0.0115. The second-order valence-electron chi connectivity index (χ2n) is 5.71. The largest absolute Gasteiger partial charge is 0.339 e. The van der Waals surface area contributed by atoms with Crippen LogP contribution in [0, 0.1) is 13.8 Å². The van der Waals surface area contributed by atoms with Gasteiger partial charge in [-0.15, -0.1) is 0 Å². The van der Waals surface area contributed by atoms with Crippen LogP contribution in [0.1, 0.15) is 31.8 Å². The minimum atomic E-state index is 0.0115. The summed E-state index contributed by atoms with van der Waals surface area (Å²) in [6.45, 7) is 4.20. The van der Waals surface area contributed by atoms with Crippen LogP contribution in [0.5, 0.6) is 0 Å². The zero-order valence-electron chi connectivity index (χ0n) is 13.0. The van der Waals surface area contributed by atoms with Crippen molar-refractivity contribution in [2.24, 2.45) is 0 Å². The molecule has 0 fully saturated rings. The van der Waals surface area contributed by atoms with Crippen LogP contribution in [-0.2, 0) is 6.54 Å². The first-order valence-electron chi connectivity index (χ1n) is 7.33. The standard InChI is InChI=1S/C19H16ClNO2/c1-12-3-4-14(7-13(12)2)19(23)10-21-9-15(11-22)17-8-16(20)5-6-18(17)21/h3-9,11H,10H2,1-2H3. The van der Waals surface area contributed by atoms with Gasteiger partial charge in [0.25, 0.3) is 0 Å². The molecule has 0 saturated heterocycles. The summed E-state index contributed by atoms with van der Waals surface area (Å²) in [6.07, 6.45) is 2.49. The number of ketones is 1. The van der Waals surface area contributed by atoms with Crippen molar-refractivity contribution in [1.82, 2.24) is 4.57 Å². The zero-order valence-corrected chi connectivity index (χ0v) is 13.7. The maximum atomic E-state index is 12.6. The molecular formula is C19H16ClNO2. The number of aldehydes is 1. The van der Waals surface area contributed by atoms with Gasteiger partial charge in [-0.2, -0.15) is 0 Å². The first-order chi connectivity index (χ1) is 11.0. The summed E-state index contributed by atoms with van der Waals surface area (Å²) < 4.78 is 1.80. The summed E-state index contributed by atoms with van der Waals surface area (Å²) in [7, 11) is 0. The summed E-state index contributed by atoms with van der Waals surface area (Å²) in [4.78, 5) is 23.8. The molecule has 0 unspecified atom stereocenters. The van der Waals surface area contributed by atoms with Crippen LogP contribution >= 0.6 is 11.6 Å². The predicted molar refractivity (Wildman–Crippen MR) is 92.6 cm³/mol. The lowest BCUT2D eigenvalue weighted by molar-refractivity contribution is 0.0972. The number of benzene rings is 2. The van der Waals surface area contributed by atoms with Gasteiger partial charge in [0.2, 0.25) is 0 Å². The molecule has 3 aromatic rings. The van der Waals surface area contributed by atoms with Gasteiger partial charge in [0, 0.05) is 33.2 Å². The second kappa shape index (κ2) is 6.01. The number of aryl methyl sites for hydroxylation is 2. The third-order valence-corrected chi connectivity index (χ3v) is 4.38. The fraction of sp³-hybridized carbons (Fsp3) is 0.158. The minimum Gasteiger partial charge on any atom is -0.339 e. The van der Waals surface area contributed by atoms with Gasteiger partial charge >= 0.3 is 0 Å². The highest BCUT2D eigenvalue weighted by Gasteiger charge is 2.13. The van der Waals surface area contributed by atoms with Gasteiger partial charge in [-0.25, -0.2) is 0 Å². The van der Waals surface area contributed by atoms with Crippen LogP contribution in [0.15, 0.2) is 42.6 Å². The van der Waals surface area contributed by atoms with Gasteiger partial charge in [-0.3, -0.25) is 9.59 Å². The molecule has 0 aliphatic heterocycles. The number of nitrogens with zero attached hydrogens (tertiary/aromatic N) is 1. The third-order valence-electron chi connectivity index (χ3n) is 4.14. The van der Waals surface area contributed by atoms with Crippen LogP contribution in [0.3, 0.4) is 0 Å². The Kier molecular flexibility index (Phi) is 4.05. The molecule has 0 aliphatic carbocycles. The summed E-state index contributed by atoms with van der Waals surface area (Å²) >= 11 is 6.00. The van der Waals surface area contributed by atoms with Crippen LogP contribution in [0.4, 0.5) is 0 Å². The molecule has 0 bridgehead atoms. The highest BCUT2D eigenvalue weighted by Crippen LogP contribution is 2.24. The lowest BCUT2D eigenvalue weighted by Crippen LogP contribution is -2.10. The van der Waals surface area contributed by atoms with Crippen molar-refractivity contribution >= 4 is 34.6 Å². The highest BCUT2D eigenvalue weighted by atomic mass is 35.5. The number of fused-ring (bicyclic) bond motifs is 1. The van der Waals surface area contributed by atoms with E-state index in [1.165, 1.54) is 0 Å². The van der Waals surface area contributed by atoms with Crippen LogP contribution in [0.2, 0.25) is 5.02 Å². The van der Waals surface area contributed by atoms with E-state index in [2.05, 4.69) is 0 Å². The highest BCUT2D eigenvalue weighted by molar-refractivity contribution is 6.31. The topological polar surface area (TPSA) is 39.1 Å². The number of Topliss-reactive ketones (excluding diaryl/α,β-unsaturated/α-hetero) is 1. The molecule has 0 amide bonds. The normalized spacial score (nSPS) is 10.9. The van der Waals surface area contributed by atoms with Crippen molar-refractivity contribution in [3.63, 3.8) is 0 Å². The summed E-state index contributed by atoms with van der Waals surface area (Å²) in [5.74, 6) is 0.0115. The molecule has 3 nitrogen and oxygen atoms in total. The smallest absolute Gasteiger partial charge is 0.182 e. The molecule has 0 aliphatic rings. The Hall–Kier alpha value is -2.39. The van der Waals surface area contributed by atoms with Gasteiger partial charge < -0.3 is 4.57 Å². The van der Waals surface area contributed by atoms with E-state index in [1.54, 1.807) is 22.9 Å². The van der Waals surface area contributed by atoms with Crippen molar-refractivity contribution < 1.29 is 9.59 Å². The molecular weight excluding hydrogens is 310 g/mol. The van der Waals surface area contributed by atoms with Gasteiger partial charge in [-0.1, -0.05) is 23.7 Å². The van der Waals surface area contributed by atoms with E-state index >= 15 is 0 Å². The summed E-state index contributed by atoms with van der Waals surface area (Å²) in [6, 6.07) is 11.0. The van der Waals surface area contributed by atoms with Crippen molar-refractivity contribution in [2.75, 3.05) is 0 Å². The van der Waals surface area contributed by atoms with E-state index in [-0.39, 0.29) is 12.3 Å². The molecule has 3 rings (SSSR count). The summed E-state index contributed by atoms with van der Waals surface area (Å²) in [5.41, 5.74) is 4.29. The second-order valence-corrected chi connectivity index (χ2v) is 6.15. The molecule has 0 spiro atoms. The Morgan fingerprint density at radius 3 is 2.61 bits per heavy atom. The Bertz CT molecular complexity index is 925. The van der Waals surface area contributed by atoms with E-state index < -0.39 is 0 Å². The third kappa shape index (κ3) is 2.92. The molecule has 4 heteroatoms. The van der Waals surface area contributed by atoms with Crippen molar-refractivity contribution in [2.45, 2.75) is 20.4 Å². The number of carbonyl (C=O) groups is 2. The number of carbonyl (C=O) groups excluding carboxylic acids is 2. The fourth-order valence-corrected chi connectivity index (χ4v) is 2.85. The van der Waals surface area contributed by atoms with E-state index in [0.29, 0.717) is 16.1 Å². The SMILES string of the molecule is Cc1ccc(C(=O)Cn2cc(C=O)c3cc(Cl)ccc32)cc1C. The van der Waals surface area contributed by atoms with Gasteiger partial charge in [0.15, 0.2) is 12.1 Å². The number of hydrogen-bond acceptors (Lipinski definition) is 2. The Morgan fingerprint density at radius 2 is 1.91 bits per heavy atom. The van der Waals surface area contributed by atoms with Crippen LogP contribution in [-0.4, -0.2) is 16.6 Å². The molecule has 2 aromatic carbocycles. The maximum Gasteiger partial charge on any atom is 0.182 e. The fourth-order valence-electron chi connectivity index (χ4n) is 2.68. The first-order valence-corrected chi connectivity index (χ1v) is 7.71. The average Bonchev–Trinajstić information content (AvgIpc) is 2.87. The molecule has 1 aromatic heterocycles. The maximum absolute atomic E-state index is 12.6. The van der Waals surface area contributed by atoms with Gasteiger partial charge in [0.1, 0.15) is 0 Å². The average molecular weight is 326 g/mol. The van der Waals surface area contributed by atoms with E-state index in [4.69, 9.17) is 11.6 Å². The summed E-state index contributed by atoms with van der Waals surface area (Å²) in [5, 5.41) is 1.33.